The number of H-pyrrole nitrogens is 2. The normalized spacial score (nSPS) is 13.6. The van der Waals surface area contributed by atoms with E-state index in [1.165, 1.54) is 0 Å². The lowest BCUT2D eigenvalue weighted by atomic mass is 10.1. The van der Waals surface area contributed by atoms with Gasteiger partial charge in [-0.2, -0.15) is 0 Å². The molecule has 0 aliphatic heterocycles. The number of aromatic amines is 2. The third-order valence-electron chi connectivity index (χ3n) is 4.03. The highest BCUT2D eigenvalue weighted by Crippen LogP contribution is 2.18. The number of anilines is 1. The van der Waals surface area contributed by atoms with Gasteiger partial charge in [-0.05, 0) is 49.7 Å². The molecule has 3 rings (SSSR count). The highest BCUT2D eigenvalue weighted by Gasteiger charge is 2.17. The summed E-state index contributed by atoms with van der Waals surface area (Å²) in [7, 11) is 0. The van der Waals surface area contributed by atoms with E-state index in [0.29, 0.717) is 21.7 Å². The van der Waals surface area contributed by atoms with Gasteiger partial charge in [-0.3, -0.25) is 10.1 Å². The van der Waals surface area contributed by atoms with E-state index < -0.39 is 6.04 Å². The van der Waals surface area contributed by atoms with Gasteiger partial charge < -0.3 is 15.3 Å². The van der Waals surface area contributed by atoms with E-state index in [0.717, 1.165) is 5.56 Å². The Morgan fingerprint density at radius 2 is 1.84 bits per heavy atom. The number of benzene rings is 2. The minimum Gasteiger partial charge on any atom is -0.325 e. The summed E-state index contributed by atoms with van der Waals surface area (Å²) in [5.41, 5.74) is 2.71. The highest BCUT2D eigenvalue weighted by molar-refractivity contribution is 6.30. The van der Waals surface area contributed by atoms with Crippen LogP contribution in [0.2, 0.25) is 5.02 Å². The first kappa shape index (κ1) is 17.3. The van der Waals surface area contributed by atoms with Crippen molar-refractivity contribution in [3.63, 3.8) is 0 Å². The zero-order chi connectivity index (χ0) is 18.0. The topological polar surface area (TPSA) is 89.8 Å². The lowest BCUT2D eigenvalue weighted by Gasteiger charge is -2.20. The van der Waals surface area contributed by atoms with Crippen LogP contribution in [0.4, 0.5) is 5.69 Å². The quantitative estimate of drug-likeness (QED) is 0.564. The molecule has 0 aliphatic rings. The molecule has 0 spiro atoms. The lowest BCUT2D eigenvalue weighted by molar-refractivity contribution is -0.117. The van der Waals surface area contributed by atoms with Crippen LogP contribution in [-0.4, -0.2) is 21.9 Å². The van der Waals surface area contributed by atoms with Crippen molar-refractivity contribution in [3.8, 4) is 0 Å². The van der Waals surface area contributed by atoms with Gasteiger partial charge in [-0.15, -0.1) is 0 Å². The minimum atomic E-state index is -0.407. The highest BCUT2D eigenvalue weighted by atomic mass is 35.5. The predicted molar refractivity (Wildman–Crippen MR) is 100 cm³/mol. The van der Waals surface area contributed by atoms with E-state index in [-0.39, 0.29) is 17.6 Å². The van der Waals surface area contributed by atoms with Crippen LogP contribution in [0.1, 0.15) is 25.5 Å². The summed E-state index contributed by atoms with van der Waals surface area (Å²) in [5, 5.41) is 6.76. The molecule has 1 amide bonds. The fourth-order valence-electron chi connectivity index (χ4n) is 2.68. The number of hydrogen-bond acceptors (Lipinski definition) is 3. The first-order chi connectivity index (χ1) is 11.9. The maximum Gasteiger partial charge on any atom is 0.323 e. The Hall–Kier alpha value is -2.57. The molecule has 25 heavy (non-hydrogen) atoms. The van der Waals surface area contributed by atoms with Gasteiger partial charge in [0.15, 0.2) is 0 Å². The molecule has 7 heteroatoms. The van der Waals surface area contributed by atoms with Crippen molar-refractivity contribution in [2.24, 2.45) is 0 Å². The maximum absolute atomic E-state index is 12.4. The van der Waals surface area contributed by atoms with Gasteiger partial charge >= 0.3 is 5.69 Å². The van der Waals surface area contributed by atoms with Crippen molar-refractivity contribution in [1.29, 1.82) is 0 Å². The Labute approximate surface area is 149 Å². The van der Waals surface area contributed by atoms with E-state index >= 15 is 0 Å². The van der Waals surface area contributed by atoms with E-state index in [9.17, 15) is 9.59 Å². The molecule has 0 fully saturated rings. The van der Waals surface area contributed by atoms with Crippen molar-refractivity contribution in [2.45, 2.75) is 25.9 Å². The zero-order valence-corrected chi connectivity index (χ0v) is 14.6. The molecule has 1 heterocycles. The number of carbonyl (C=O) groups excluding carboxylic acids is 1. The number of halogens is 1. The van der Waals surface area contributed by atoms with Crippen LogP contribution in [0, 0.1) is 0 Å². The Bertz CT molecular complexity index is 963. The van der Waals surface area contributed by atoms with E-state index in [4.69, 9.17) is 11.6 Å². The number of aromatic nitrogens is 2. The first-order valence-corrected chi connectivity index (χ1v) is 8.34. The molecule has 1 aromatic heterocycles. The average molecular weight is 359 g/mol. The van der Waals surface area contributed by atoms with Gasteiger partial charge in [-0.25, -0.2) is 4.79 Å². The van der Waals surface area contributed by atoms with E-state index in [1.54, 1.807) is 25.1 Å². The number of rotatable bonds is 5. The number of nitrogens with one attached hydrogen (secondary N) is 4. The second-order valence-electron chi connectivity index (χ2n) is 5.99. The van der Waals surface area contributed by atoms with Gasteiger partial charge in [0, 0.05) is 16.8 Å². The van der Waals surface area contributed by atoms with E-state index in [2.05, 4.69) is 20.6 Å². The molecule has 0 saturated heterocycles. The minimum absolute atomic E-state index is 0.0250. The maximum atomic E-state index is 12.4. The van der Waals surface area contributed by atoms with Crippen LogP contribution < -0.4 is 16.3 Å². The van der Waals surface area contributed by atoms with Gasteiger partial charge in [0.1, 0.15) is 0 Å². The summed E-state index contributed by atoms with van der Waals surface area (Å²) in [6, 6.07) is 12.3. The van der Waals surface area contributed by atoms with Crippen LogP contribution in [0.5, 0.6) is 0 Å². The molecule has 3 aromatic rings. The second kappa shape index (κ2) is 7.13. The molecule has 2 aromatic carbocycles. The smallest absolute Gasteiger partial charge is 0.323 e. The SMILES string of the molecule is C[C@@H](N[C@H](C)c1cccc(Cl)c1)C(=O)Nc1ccc2[nH]c(=O)[nH]c2c1. The summed E-state index contributed by atoms with van der Waals surface area (Å²) in [4.78, 5) is 29.0. The van der Waals surface area contributed by atoms with Gasteiger partial charge in [0.05, 0.1) is 17.1 Å². The number of amides is 1. The molecular formula is C18H19ClN4O2. The third-order valence-corrected chi connectivity index (χ3v) is 4.26. The van der Waals surface area contributed by atoms with Crippen molar-refractivity contribution in [3.05, 3.63) is 63.5 Å². The Morgan fingerprint density at radius 3 is 2.60 bits per heavy atom. The molecule has 2 atom stereocenters. The largest absolute Gasteiger partial charge is 0.325 e. The number of fused-ring (bicyclic) bond motifs is 1. The fraction of sp³-hybridized carbons (Fsp3) is 0.222. The van der Waals surface area contributed by atoms with Gasteiger partial charge in [-0.1, -0.05) is 23.7 Å². The molecule has 6 nitrogen and oxygen atoms in total. The summed E-state index contributed by atoms with van der Waals surface area (Å²) >= 11 is 6.01. The molecular weight excluding hydrogens is 340 g/mol. The molecule has 4 N–H and O–H groups in total. The molecule has 0 saturated carbocycles. The standard InChI is InChI=1S/C18H19ClN4O2/c1-10(12-4-3-5-13(19)8-12)20-11(2)17(24)21-14-6-7-15-16(9-14)23-18(25)22-15/h3-11,20H,1-2H3,(H,21,24)(H2,22,23,25)/t10-,11-/m1/s1. The van der Waals surface area contributed by atoms with Crippen LogP contribution in [0.25, 0.3) is 11.0 Å². The molecule has 0 radical (unpaired) electrons. The van der Waals surface area contributed by atoms with Gasteiger partial charge in [0.25, 0.3) is 0 Å². The van der Waals surface area contributed by atoms with Crippen molar-refractivity contribution >= 4 is 34.2 Å². The summed E-state index contributed by atoms with van der Waals surface area (Å²) in [5.74, 6) is -0.161. The molecule has 0 unspecified atom stereocenters. The van der Waals surface area contributed by atoms with Crippen LogP contribution in [-0.2, 0) is 4.79 Å². The number of hydrogen-bond donors (Lipinski definition) is 4. The lowest BCUT2D eigenvalue weighted by Crippen LogP contribution is -2.39. The van der Waals surface area contributed by atoms with E-state index in [1.807, 2.05) is 31.2 Å². The van der Waals surface area contributed by atoms with Gasteiger partial charge in [0.2, 0.25) is 5.91 Å². The van der Waals surface area contributed by atoms with Crippen molar-refractivity contribution in [2.75, 3.05) is 5.32 Å². The summed E-state index contributed by atoms with van der Waals surface area (Å²) in [6.45, 7) is 3.78. The number of carbonyl (C=O) groups is 1. The Kier molecular flexibility index (Phi) is 4.92. The van der Waals surface area contributed by atoms with Crippen LogP contribution in [0.3, 0.4) is 0 Å². The van der Waals surface area contributed by atoms with Crippen LogP contribution in [0.15, 0.2) is 47.3 Å². The third kappa shape index (κ3) is 4.10. The molecule has 0 aliphatic carbocycles. The second-order valence-corrected chi connectivity index (χ2v) is 6.43. The zero-order valence-electron chi connectivity index (χ0n) is 13.9. The summed E-state index contributed by atoms with van der Waals surface area (Å²) in [6.07, 6.45) is 0. The fourth-order valence-corrected chi connectivity index (χ4v) is 2.88. The Balaban J connectivity index is 1.66. The van der Waals surface area contributed by atoms with Crippen molar-refractivity contribution in [1.82, 2.24) is 15.3 Å². The predicted octanol–water partition coefficient (Wildman–Crippen LogP) is 3.19. The number of imidazole rings is 1. The average Bonchev–Trinajstić information content (AvgIpc) is 2.94. The van der Waals surface area contributed by atoms with Crippen molar-refractivity contribution < 1.29 is 4.79 Å². The first-order valence-electron chi connectivity index (χ1n) is 7.97. The van der Waals surface area contributed by atoms with Crippen LogP contribution >= 0.6 is 11.6 Å². The molecule has 0 bridgehead atoms. The Morgan fingerprint density at radius 1 is 1.08 bits per heavy atom. The molecule has 130 valence electrons. The monoisotopic (exact) mass is 358 g/mol. The summed E-state index contributed by atoms with van der Waals surface area (Å²) < 4.78 is 0.